The standard InChI is InChI=1S/C6H15O2Si/c1-6(2,3)9(4,8)5-7/h7H,5H2,1-4H3/t9-/m1/s1. The summed E-state index contributed by atoms with van der Waals surface area (Å²) >= 11 is 0. The molecule has 1 radical (unpaired) electrons. The molecule has 0 bridgehead atoms. The average Bonchev–Trinajstić information content (AvgIpc) is 1.64. The van der Waals surface area contributed by atoms with Crippen molar-refractivity contribution < 1.29 is 9.90 Å². The molecule has 0 aliphatic rings. The summed E-state index contributed by atoms with van der Waals surface area (Å²) in [6.07, 6.45) is -0.156. The molecule has 0 aromatic heterocycles. The van der Waals surface area contributed by atoms with Crippen molar-refractivity contribution in [1.82, 2.24) is 0 Å². The monoisotopic (exact) mass is 147 g/mol. The minimum Gasteiger partial charge on any atom is -0.397 e. The zero-order valence-electron chi connectivity index (χ0n) is 6.56. The summed E-state index contributed by atoms with van der Waals surface area (Å²) < 4.78 is 0. The van der Waals surface area contributed by atoms with Crippen molar-refractivity contribution in [3.63, 3.8) is 0 Å². The highest BCUT2D eigenvalue weighted by atomic mass is 28.4. The van der Waals surface area contributed by atoms with Gasteiger partial charge in [0.25, 0.3) is 8.32 Å². The molecule has 0 saturated carbocycles. The Balaban J connectivity index is 4.14. The lowest BCUT2D eigenvalue weighted by Gasteiger charge is -2.29. The van der Waals surface area contributed by atoms with E-state index in [0.717, 1.165) is 0 Å². The van der Waals surface area contributed by atoms with Gasteiger partial charge in [0, 0.05) is 0 Å². The minimum atomic E-state index is -2.57. The Morgan fingerprint density at radius 1 is 1.44 bits per heavy atom. The first kappa shape index (κ1) is 9.14. The van der Waals surface area contributed by atoms with Gasteiger partial charge in [-0.15, -0.1) is 0 Å². The zero-order valence-corrected chi connectivity index (χ0v) is 7.56. The fraction of sp³-hybridized carbons (Fsp3) is 1.00. The third-order valence-corrected chi connectivity index (χ3v) is 5.66. The summed E-state index contributed by atoms with van der Waals surface area (Å²) in [5.41, 5.74) is 0. The highest BCUT2D eigenvalue weighted by molar-refractivity contribution is 6.73. The Morgan fingerprint density at radius 2 is 1.78 bits per heavy atom. The van der Waals surface area contributed by atoms with Gasteiger partial charge in [0.2, 0.25) is 0 Å². The average molecular weight is 147 g/mol. The van der Waals surface area contributed by atoms with Crippen LogP contribution in [0.1, 0.15) is 20.8 Å². The van der Waals surface area contributed by atoms with E-state index in [0.29, 0.717) is 0 Å². The summed E-state index contributed by atoms with van der Waals surface area (Å²) in [6.45, 7) is 7.33. The molecule has 0 unspecified atom stereocenters. The van der Waals surface area contributed by atoms with Crippen molar-refractivity contribution in [1.29, 1.82) is 0 Å². The zero-order chi connectivity index (χ0) is 7.71. The van der Waals surface area contributed by atoms with E-state index in [1.807, 2.05) is 20.8 Å². The van der Waals surface area contributed by atoms with E-state index >= 15 is 0 Å². The molecule has 0 saturated heterocycles. The predicted molar refractivity (Wildman–Crippen MR) is 39.1 cm³/mol. The molecule has 0 aromatic rings. The van der Waals surface area contributed by atoms with Gasteiger partial charge < -0.3 is 5.11 Å². The first-order valence-corrected chi connectivity index (χ1v) is 5.74. The van der Waals surface area contributed by atoms with Gasteiger partial charge in [-0.05, 0) is 11.6 Å². The number of hydrogen-bond donors (Lipinski definition) is 1. The van der Waals surface area contributed by atoms with Gasteiger partial charge in [-0.1, -0.05) is 20.8 Å². The van der Waals surface area contributed by atoms with Gasteiger partial charge in [0.1, 0.15) is 0 Å². The van der Waals surface area contributed by atoms with E-state index in [1.165, 1.54) is 0 Å². The molecule has 1 atom stereocenters. The number of hydrogen-bond acceptors (Lipinski definition) is 1. The third kappa shape index (κ3) is 2.08. The first-order chi connectivity index (χ1) is 3.81. The molecule has 55 valence electrons. The lowest BCUT2D eigenvalue weighted by atomic mass is 10.2. The van der Waals surface area contributed by atoms with E-state index in [9.17, 15) is 4.80 Å². The van der Waals surface area contributed by atoms with E-state index < -0.39 is 8.32 Å². The van der Waals surface area contributed by atoms with Crippen LogP contribution < -0.4 is 0 Å². The van der Waals surface area contributed by atoms with Crippen LogP contribution in [0.5, 0.6) is 0 Å². The van der Waals surface area contributed by atoms with Crippen molar-refractivity contribution in [3.05, 3.63) is 0 Å². The van der Waals surface area contributed by atoms with Crippen molar-refractivity contribution in [2.24, 2.45) is 0 Å². The van der Waals surface area contributed by atoms with Crippen LogP contribution in [-0.2, 0) is 4.80 Å². The molecule has 0 heterocycles. The van der Waals surface area contributed by atoms with Gasteiger partial charge in [-0.2, -0.15) is 0 Å². The number of rotatable bonds is 1. The summed E-state index contributed by atoms with van der Waals surface area (Å²) in [6, 6.07) is 0. The van der Waals surface area contributed by atoms with Gasteiger partial charge in [-0.25, -0.2) is 0 Å². The van der Waals surface area contributed by atoms with Crippen molar-refractivity contribution in [3.8, 4) is 0 Å². The Kier molecular flexibility index (Phi) is 2.44. The second-order valence-corrected chi connectivity index (χ2v) is 7.92. The second kappa shape index (κ2) is 2.40. The van der Waals surface area contributed by atoms with E-state index in [4.69, 9.17) is 5.11 Å². The highest BCUT2D eigenvalue weighted by Crippen LogP contribution is 2.33. The fourth-order valence-corrected chi connectivity index (χ4v) is 0.712. The van der Waals surface area contributed by atoms with E-state index in [-0.39, 0.29) is 11.3 Å². The van der Waals surface area contributed by atoms with Crippen LogP contribution in [0.15, 0.2) is 0 Å². The van der Waals surface area contributed by atoms with Gasteiger partial charge in [0.15, 0.2) is 0 Å². The quantitative estimate of drug-likeness (QED) is 0.558. The maximum Gasteiger partial charge on any atom is 0.264 e. The molecular weight excluding hydrogens is 132 g/mol. The van der Waals surface area contributed by atoms with Crippen LogP contribution in [0.4, 0.5) is 0 Å². The summed E-state index contributed by atoms with van der Waals surface area (Å²) in [4.78, 5) is 11.4. The first-order valence-electron chi connectivity index (χ1n) is 3.12. The fourth-order valence-electron chi connectivity index (χ4n) is 0.237. The van der Waals surface area contributed by atoms with Crippen LogP contribution in [-0.4, -0.2) is 19.7 Å². The number of aliphatic hydroxyl groups is 1. The molecule has 0 fully saturated rings. The maximum absolute atomic E-state index is 11.4. The summed E-state index contributed by atoms with van der Waals surface area (Å²) in [5, 5.41) is 8.46. The Hall–Kier alpha value is 0.137. The lowest BCUT2D eigenvalue weighted by molar-refractivity contribution is 0.284. The Morgan fingerprint density at radius 3 is 1.78 bits per heavy atom. The van der Waals surface area contributed by atoms with Crippen molar-refractivity contribution in [2.75, 3.05) is 6.23 Å². The SMILES string of the molecule is CC(C)(C)[Si@](C)([O])CO. The number of aliphatic hydroxyl groups excluding tert-OH is 1. The third-order valence-electron chi connectivity index (χ3n) is 1.89. The molecule has 0 aliphatic heterocycles. The van der Waals surface area contributed by atoms with E-state index in [1.54, 1.807) is 6.55 Å². The molecule has 0 aromatic carbocycles. The molecular formula is C6H15O2Si. The van der Waals surface area contributed by atoms with Crippen LogP contribution >= 0.6 is 0 Å². The van der Waals surface area contributed by atoms with Crippen molar-refractivity contribution >= 4 is 8.32 Å². The minimum absolute atomic E-state index is 0.156. The highest BCUT2D eigenvalue weighted by Gasteiger charge is 2.40. The van der Waals surface area contributed by atoms with Crippen LogP contribution in [0.25, 0.3) is 0 Å². The van der Waals surface area contributed by atoms with Crippen molar-refractivity contribution in [2.45, 2.75) is 32.4 Å². The molecule has 0 aliphatic carbocycles. The topological polar surface area (TPSA) is 40.1 Å². The van der Waals surface area contributed by atoms with E-state index in [2.05, 4.69) is 0 Å². The van der Waals surface area contributed by atoms with Gasteiger partial charge in [-0.3, -0.25) is 4.80 Å². The van der Waals surface area contributed by atoms with Gasteiger partial charge in [0.05, 0.1) is 6.23 Å². The maximum atomic E-state index is 11.4. The molecule has 0 rings (SSSR count). The Bertz CT molecular complexity index is 93.7. The summed E-state index contributed by atoms with van der Waals surface area (Å²) in [7, 11) is -2.57. The molecule has 9 heavy (non-hydrogen) atoms. The largest absolute Gasteiger partial charge is 0.397 e. The van der Waals surface area contributed by atoms with Crippen LogP contribution in [0, 0.1) is 0 Å². The Labute approximate surface area is 57.7 Å². The molecule has 3 heteroatoms. The summed E-state index contributed by atoms with van der Waals surface area (Å²) in [5.74, 6) is 0. The molecule has 1 N–H and O–H groups in total. The molecule has 0 amide bonds. The van der Waals surface area contributed by atoms with Crippen LogP contribution in [0.3, 0.4) is 0 Å². The molecule has 2 nitrogen and oxygen atoms in total. The molecule has 0 spiro atoms. The smallest absolute Gasteiger partial charge is 0.264 e. The predicted octanol–water partition coefficient (Wildman–Crippen LogP) is 1.32. The van der Waals surface area contributed by atoms with Gasteiger partial charge >= 0.3 is 0 Å². The normalized spacial score (nSPS) is 19.3. The second-order valence-electron chi connectivity index (χ2n) is 3.64. The lowest BCUT2D eigenvalue weighted by Crippen LogP contribution is -2.43. The van der Waals surface area contributed by atoms with Crippen LogP contribution in [0.2, 0.25) is 11.6 Å².